The average molecular weight is 314 g/mol. The summed E-state index contributed by atoms with van der Waals surface area (Å²) in [6.45, 7) is 4.25. The molecule has 3 rings (SSSR count). The number of hydrogen-bond acceptors (Lipinski definition) is 3. The Morgan fingerprint density at radius 2 is 2.04 bits per heavy atom. The molecule has 1 saturated carbocycles. The fourth-order valence-corrected chi connectivity index (χ4v) is 2.45. The highest BCUT2D eigenvalue weighted by Crippen LogP contribution is 2.19. The first-order valence-corrected chi connectivity index (χ1v) is 8.06. The van der Waals surface area contributed by atoms with Crippen LogP contribution in [0.2, 0.25) is 0 Å². The number of imidazole rings is 1. The highest BCUT2D eigenvalue weighted by molar-refractivity contribution is 5.82. The molecule has 6 heteroatoms. The zero-order valence-corrected chi connectivity index (χ0v) is 13.5. The Morgan fingerprint density at radius 3 is 2.74 bits per heavy atom. The zero-order chi connectivity index (χ0) is 16.4. The molecule has 23 heavy (non-hydrogen) atoms. The maximum Gasteiger partial charge on any atom is 0.240 e. The second-order valence-corrected chi connectivity index (χ2v) is 6.32. The Kier molecular flexibility index (Phi) is 4.32. The largest absolute Gasteiger partial charge is 0.352 e. The first-order chi connectivity index (χ1) is 11.0. The molecule has 2 N–H and O–H groups in total. The summed E-state index contributed by atoms with van der Waals surface area (Å²) in [7, 11) is 0. The normalized spacial score (nSPS) is 14.2. The average Bonchev–Trinajstić information content (AvgIpc) is 3.26. The van der Waals surface area contributed by atoms with Crippen molar-refractivity contribution in [2.75, 3.05) is 0 Å². The van der Waals surface area contributed by atoms with Gasteiger partial charge in [0.1, 0.15) is 12.4 Å². The lowest BCUT2D eigenvalue weighted by molar-refractivity contribution is -0.124. The first-order valence-electron chi connectivity index (χ1n) is 8.06. The zero-order valence-electron chi connectivity index (χ0n) is 13.5. The van der Waals surface area contributed by atoms with E-state index < -0.39 is 0 Å². The lowest BCUT2D eigenvalue weighted by Crippen LogP contribution is -2.32. The SMILES string of the molecule is CC(C)C(=O)NCc1nc2ccccc2n1CC(=O)NC1CC1. The quantitative estimate of drug-likeness (QED) is 0.850. The van der Waals surface area contributed by atoms with Gasteiger partial charge in [-0.3, -0.25) is 9.59 Å². The van der Waals surface area contributed by atoms with E-state index in [1.165, 1.54) is 0 Å². The summed E-state index contributed by atoms with van der Waals surface area (Å²) in [6, 6.07) is 8.04. The van der Waals surface area contributed by atoms with Crippen molar-refractivity contribution in [2.45, 2.75) is 45.8 Å². The molecule has 6 nitrogen and oxygen atoms in total. The van der Waals surface area contributed by atoms with Crippen LogP contribution >= 0.6 is 0 Å². The number of rotatable bonds is 6. The monoisotopic (exact) mass is 314 g/mol. The summed E-state index contributed by atoms with van der Waals surface area (Å²) in [5.74, 6) is 0.593. The van der Waals surface area contributed by atoms with Gasteiger partial charge in [-0.1, -0.05) is 26.0 Å². The molecule has 122 valence electrons. The number of amides is 2. The molecular formula is C17H22N4O2. The van der Waals surface area contributed by atoms with E-state index in [4.69, 9.17) is 0 Å². The summed E-state index contributed by atoms with van der Waals surface area (Å²) in [5.41, 5.74) is 1.74. The summed E-state index contributed by atoms with van der Waals surface area (Å²) in [4.78, 5) is 28.5. The van der Waals surface area contributed by atoms with Crippen molar-refractivity contribution in [1.29, 1.82) is 0 Å². The van der Waals surface area contributed by atoms with Crippen LogP contribution in [0.3, 0.4) is 0 Å². The number of nitrogens with zero attached hydrogens (tertiary/aromatic N) is 2. The van der Waals surface area contributed by atoms with Gasteiger partial charge < -0.3 is 15.2 Å². The predicted molar refractivity (Wildman–Crippen MR) is 87.6 cm³/mol. The smallest absolute Gasteiger partial charge is 0.240 e. The van der Waals surface area contributed by atoms with Gasteiger partial charge >= 0.3 is 0 Å². The molecule has 2 aromatic rings. The Labute approximate surface area is 135 Å². The van der Waals surface area contributed by atoms with Gasteiger partial charge in [0.2, 0.25) is 11.8 Å². The van der Waals surface area contributed by atoms with E-state index in [0.29, 0.717) is 18.4 Å². The van der Waals surface area contributed by atoms with E-state index >= 15 is 0 Å². The summed E-state index contributed by atoms with van der Waals surface area (Å²) >= 11 is 0. The molecule has 1 aliphatic rings. The number of para-hydroxylation sites is 2. The van der Waals surface area contributed by atoms with Crippen molar-refractivity contribution in [1.82, 2.24) is 20.2 Å². The molecule has 1 heterocycles. The molecule has 2 amide bonds. The number of carbonyl (C=O) groups excluding carboxylic acids is 2. The molecule has 1 aromatic carbocycles. The van der Waals surface area contributed by atoms with Crippen LogP contribution in [0.1, 0.15) is 32.5 Å². The minimum absolute atomic E-state index is 0.00732. The predicted octanol–water partition coefficient (Wildman–Crippen LogP) is 1.59. The van der Waals surface area contributed by atoms with E-state index in [1.54, 1.807) is 0 Å². The number of aromatic nitrogens is 2. The summed E-state index contributed by atoms with van der Waals surface area (Å²) < 4.78 is 1.88. The molecule has 0 bridgehead atoms. The molecular weight excluding hydrogens is 292 g/mol. The minimum atomic E-state index is -0.0778. The van der Waals surface area contributed by atoms with Gasteiger partial charge in [0.15, 0.2) is 0 Å². The number of hydrogen-bond donors (Lipinski definition) is 2. The third-order valence-electron chi connectivity index (χ3n) is 3.92. The second kappa shape index (κ2) is 6.40. The molecule has 0 unspecified atom stereocenters. The molecule has 0 aliphatic heterocycles. The van der Waals surface area contributed by atoms with E-state index in [0.717, 1.165) is 23.9 Å². The fraction of sp³-hybridized carbons (Fsp3) is 0.471. The first kappa shape index (κ1) is 15.5. The minimum Gasteiger partial charge on any atom is -0.352 e. The number of nitrogens with one attached hydrogen (secondary N) is 2. The highest BCUT2D eigenvalue weighted by atomic mass is 16.2. The maximum absolute atomic E-state index is 12.2. The molecule has 1 aliphatic carbocycles. The van der Waals surface area contributed by atoms with Gasteiger partial charge in [0.25, 0.3) is 0 Å². The van der Waals surface area contributed by atoms with Crippen LogP contribution in [0.4, 0.5) is 0 Å². The van der Waals surface area contributed by atoms with Crippen molar-refractivity contribution >= 4 is 22.8 Å². The second-order valence-electron chi connectivity index (χ2n) is 6.32. The van der Waals surface area contributed by atoms with Gasteiger partial charge in [-0.25, -0.2) is 4.98 Å². The molecule has 0 atom stereocenters. The van der Waals surface area contributed by atoms with Crippen LogP contribution < -0.4 is 10.6 Å². The molecule has 1 fully saturated rings. The Hall–Kier alpha value is -2.37. The summed E-state index contributed by atoms with van der Waals surface area (Å²) in [6.07, 6.45) is 2.13. The number of carbonyl (C=O) groups is 2. The van der Waals surface area contributed by atoms with Crippen molar-refractivity contribution in [3.05, 3.63) is 30.1 Å². The van der Waals surface area contributed by atoms with Crippen molar-refractivity contribution in [2.24, 2.45) is 5.92 Å². The van der Waals surface area contributed by atoms with Crippen molar-refractivity contribution in [3.63, 3.8) is 0 Å². The van der Waals surface area contributed by atoms with E-state index in [1.807, 2.05) is 42.7 Å². The molecule has 0 spiro atoms. The summed E-state index contributed by atoms with van der Waals surface area (Å²) in [5, 5.41) is 5.86. The van der Waals surface area contributed by atoms with Crippen LogP contribution in [-0.2, 0) is 22.7 Å². The fourth-order valence-electron chi connectivity index (χ4n) is 2.45. The number of benzene rings is 1. The topological polar surface area (TPSA) is 76.0 Å². The van der Waals surface area contributed by atoms with Crippen molar-refractivity contribution in [3.8, 4) is 0 Å². The standard InChI is InChI=1S/C17H22N4O2/c1-11(2)17(23)18-9-15-20-13-5-3-4-6-14(13)21(15)10-16(22)19-12-7-8-12/h3-6,11-12H,7-10H2,1-2H3,(H,18,23)(H,19,22). The van der Waals surface area contributed by atoms with Crippen LogP contribution in [0.5, 0.6) is 0 Å². The van der Waals surface area contributed by atoms with E-state index in [9.17, 15) is 9.59 Å². The molecule has 1 aromatic heterocycles. The van der Waals surface area contributed by atoms with E-state index in [-0.39, 0.29) is 24.3 Å². The highest BCUT2D eigenvalue weighted by Gasteiger charge is 2.24. The van der Waals surface area contributed by atoms with Crippen LogP contribution in [0, 0.1) is 5.92 Å². The Bertz CT molecular complexity index is 731. The third-order valence-corrected chi connectivity index (χ3v) is 3.92. The van der Waals surface area contributed by atoms with Gasteiger partial charge in [-0.2, -0.15) is 0 Å². The van der Waals surface area contributed by atoms with Gasteiger partial charge in [0, 0.05) is 12.0 Å². The van der Waals surface area contributed by atoms with Gasteiger partial charge in [0.05, 0.1) is 17.6 Å². The van der Waals surface area contributed by atoms with E-state index in [2.05, 4.69) is 15.6 Å². The Balaban J connectivity index is 1.81. The molecule has 0 radical (unpaired) electrons. The lowest BCUT2D eigenvalue weighted by atomic mass is 10.2. The van der Waals surface area contributed by atoms with Gasteiger partial charge in [-0.05, 0) is 25.0 Å². The van der Waals surface area contributed by atoms with Crippen LogP contribution in [0.25, 0.3) is 11.0 Å². The van der Waals surface area contributed by atoms with Crippen LogP contribution in [-0.4, -0.2) is 27.4 Å². The maximum atomic E-state index is 12.2. The van der Waals surface area contributed by atoms with Crippen LogP contribution in [0.15, 0.2) is 24.3 Å². The number of fused-ring (bicyclic) bond motifs is 1. The molecule has 0 saturated heterocycles. The lowest BCUT2D eigenvalue weighted by Gasteiger charge is -2.11. The Morgan fingerprint density at radius 1 is 1.30 bits per heavy atom. The van der Waals surface area contributed by atoms with Crippen molar-refractivity contribution < 1.29 is 9.59 Å². The van der Waals surface area contributed by atoms with Gasteiger partial charge in [-0.15, -0.1) is 0 Å². The third kappa shape index (κ3) is 3.70.